The van der Waals surface area contributed by atoms with Gasteiger partial charge in [0.1, 0.15) is 0 Å². The van der Waals surface area contributed by atoms with Gasteiger partial charge in [-0.2, -0.15) is 0 Å². The van der Waals surface area contributed by atoms with Gasteiger partial charge in [0.25, 0.3) is 5.91 Å². The van der Waals surface area contributed by atoms with Crippen LogP contribution in [0.25, 0.3) is 0 Å². The van der Waals surface area contributed by atoms with E-state index in [-0.39, 0.29) is 11.3 Å². The Bertz CT molecular complexity index is 608. The number of rotatable bonds is 4. The maximum atomic E-state index is 12.1. The highest BCUT2D eigenvalue weighted by Crippen LogP contribution is 2.27. The highest BCUT2D eigenvalue weighted by Gasteiger charge is 2.22. The van der Waals surface area contributed by atoms with Crippen molar-refractivity contribution in [2.75, 3.05) is 12.3 Å². The van der Waals surface area contributed by atoms with Crippen molar-refractivity contribution >= 4 is 34.5 Å². The topological polar surface area (TPSA) is 55.1 Å². The molecular formula is C15H17ClN2OS. The summed E-state index contributed by atoms with van der Waals surface area (Å²) in [5.74, 6) is -0.142. The Hall–Kier alpha value is -1.52. The van der Waals surface area contributed by atoms with Crippen LogP contribution in [-0.2, 0) is 5.41 Å². The van der Waals surface area contributed by atoms with E-state index in [1.807, 2.05) is 11.4 Å². The Kier molecular flexibility index (Phi) is 4.35. The molecule has 0 saturated carbocycles. The first kappa shape index (κ1) is 14.9. The highest BCUT2D eigenvalue weighted by molar-refractivity contribution is 7.10. The Morgan fingerprint density at radius 1 is 1.40 bits per heavy atom. The van der Waals surface area contributed by atoms with Gasteiger partial charge in [-0.15, -0.1) is 11.3 Å². The smallest absolute Gasteiger partial charge is 0.251 e. The predicted octanol–water partition coefficient (Wildman–Crippen LogP) is 3.69. The molecule has 0 spiro atoms. The summed E-state index contributed by atoms with van der Waals surface area (Å²) in [5, 5.41) is 5.38. The van der Waals surface area contributed by atoms with Crippen LogP contribution in [0.15, 0.2) is 35.7 Å². The summed E-state index contributed by atoms with van der Waals surface area (Å²) in [7, 11) is 0. The highest BCUT2D eigenvalue weighted by atomic mass is 35.5. The number of thiophene rings is 1. The lowest BCUT2D eigenvalue weighted by Crippen LogP contribution is -2.36. The molecule has 1 aromatic carbocycles. The van der Waals surface area contributed by atoms with Crippen LogP contribution in [0.4, 0.5) is 5.69 Å². The number of halogens is 1. The number of hydrogen-bond donors (Lipinski definition) is 2. The van der Waals surface area contributed by atoms with Crippen molar-refractivity contribution in [2.45, 2.75) is 19.3 Å². The number of nitrogens with two attached hydrogens (primary N) is 1. The molecule has 1 aromatic heterocycles. The molecule has 0 aliphatic rings. The number of carbonyl (C=O) groups excluding carboxylic acids is 1. The first-order valence-electron chi connectivity index (χ1n) is 6.27. The fraction of sp³-hybridized carbons (Fsp3) is 0.267. The predicted molar refractivity (Wildman–Crippen MR) is 85.5 cm³/mol. The molecule has 0 aliphatic carbocycles. The van der Waals surface area contributed by atoms with Crippen molar-refractivity contribution in [1.82, 2.24) is 5.32 Å². The van der Waals surface area contributed by atoms with Gasteiger partial charge in [-0.3, -0.25) is 4.79 Å². The Balaban J connectivity index is 2.03. The molecule has 0 atom stereocenters. The molecule has 3 nitrogen and oxygen atoms in total. The molecule has 0 unspecified atom stereocenters. The normalized spacial score (nSPS) is 11.3. The van der Waals surface area contributed by atoms with Crippen molar-refractivity contribution in [1.29, 1.82) is 0 Å². The van der Waals surface area contributed by atoms with Gasteiger partial charge < -0.3 is 11.1 Å². The Labute approximate surface area is 127 Å². The van der Waals surface area contributed by atoms with E-state index in [0.717, 1.165) is 0 Å². The maximum absolute atomic E-state index is 12.1. The molecule has 1 amide bonds. The quantitative estimate of drug-likeness (QED) is 0.846. The van der Waals surface area contributed by atoms with E-state index in [1.165, 1.54) is 4.88 Å². The van der Waals surface area contributed by atoms with Crippen LogP contribution in [0.2, 0.25) is 5.02 Å². The molecule has 0 bridgehead atoms. The van der Waals surface area contributed by atoms with Crippen LogP contribution in [0.1, 0.15) is 29.1 Å². The van der Waals surface area contributed by atoms with Crippen molar-refractivity contribution < 1.29 is 4.79 Å². The van der Waals surface area contributed by atoms with Gasteiger partial charge in [0.05, 0.1) is 10.7 Å². The summed E-state index contributed by atoms with van der Waals surface area (Å²) in [4.78, 5) is 13.4. The van der Waals surface area contributed by atoms with E-state index in [4.69, 9.17) is 17.3 Å². The Morgan fingerprint density at radius 2 is 2.15 bits per heavy atom. The second kappa shape index (κ2) is 5.85. The van der Waals surface area contributed by atoms with Crippen molar-refractivity contribution in [3.05, 3.63) is 51.2 Å². The molecule has 0 radical (unpaired) electrons. The first-order valence-corrected chi connectivity index (χ1v) is 7.53. The van der Waals surface area contributed by atoms with E-state index in [9.17, 15) is 4.79 Å². The zero-order chi connectivity index (χ0) is 14.8. The van der Waals surface area contributed by atoms with Crippen LogP contribution >= 0.6 is 22.9 Å². The van der Waals surface area contributed by atoms with Gasteiger partial charge in [-0.25, -0.2) is 0 Å². The fourth-order valence-electron chi connectivity index (χ4n) is 1.82. The summed E-state index contributed by atoms with van der Waals surface area (Å²) < 4.78 is 0. The zero-order valence-corrected chi connectivity index (χ0v) is 13.0. The second-order valence-corrected chi connectivity index (χ2v) is 6.64. The van der Waals surface area contributed by atoms with E-state index < -0.39 is 0 Å². The molecule has 1 heterocycles. The number of carbonyl (C=O) groups is 1. The van der Waals surface area contributed by atoms with Crippen LogP contribution in [0, 0.1) is 0 Å². The Morgan fingerprint density at radius 3 is 2.75 bits per heavy atom. The minimum absolute atomic E-state index is 0.0958. The lowest BCUT2D eigenvalue weighted by Gasteiger charge is -2.23. The zero-order valence-electron chi connectivity index (χ0n) is 11.4. The summed E-state index contributed by atoms with van der Waals surface area (Å²) in [5.41, 5.74) is 6.53. The molecule has 20 heavy (non-hydrogen) atoms. The number of hydrogen-bond acceptors (Lipinski definition) is 3. The summed E-state index contributed by atoms with van der Waals surface area (Å²) >= 11 is 7.62. The van der Waals surface area contributed by atoms with Gasteiger partial charge in [0, 0.05) is 22.4 Å². The minimum Gasteiger partial charge on any atom is -0.398 e. The number of nitrogen functional groups attached to an aromatic ring is 1. The summed E-state index contributed by atoms with van der Waals surface area (Å²) in [6.45, 7) is 4.78. The van der Waals surface area contributed by atoms with Gasteiger partial charge in [0.15, 0.2) is 0 Å². The van der Waals surface area contributed by atoms with Gasteiger partial charge in [0.2, 0.25) is 0 Å². The molecule has 2 rings (SSSR count). The molecule has 5 heteroatoms. The third-order valence-corrected chi connectivity index (χ3v) is 4.70. The van der Waals surface area contributed by atoms with Gasteiger partial charge >= 0.3 is 0 Å². The second-order valence-electron chi connectivity index (χ2n) is 5.28. The van der Waals surface area contributed by atoms with Crippen molar-refractivity contribution in [3.8, 4) is 0 Å². The summed E-state index contributed by atoms with van der Waals surface area (Å²) in [6.07, 6.45) is 0. The van der Waals surface area contributed by atoms with E-state index in [1.54, 1.807) is 29.5 Å². The third kappa shape index (κ3) is 3.32. The molecule has 0 fully saturated rings. The van der Waals surface area contributed by atoms with E-state index >= 15 is 0 Å². The fourth-order valence-corrected chi connectivity index (χ4v) is 2.86. The van der Waals surface area contributed by atoms with Gasteiger partial charge in [-0.05, 0) is 29.6 Å². The maximum Gasteiger partial charge on any atom is 0.251 e. The van der Waals surface area contributed by atoms with Crippen molar-refractivity contribution in [3.63, 3.8) is 0 Å². The SMILES string of the molecule is CC(C)(CNC(=O)c1ccc(N)c(Cl)c1)c1cccs1. The van der Waals surface area contributed by atoms with Crippen molar-refractivity contribution in [2.24, 2.45) is 0 Å². The minimum atomic E-state index is -0.142. The van der Waals surface area contributed by atoms with Crippen LogP contribution in [0.3, 0.4) is 0 Å². The standard InChI is InChI=1S/C15H17ClN2OS/c1-15(2,13-4-3-7-20-13)9-18-14(19)10-5-6-12(17)11(16)8-10/h3-8H,9,17H2,1-2H3,(H,18,19). The largest absolute Gasteiger partial charge is 0.398 e. The van der Waals surface area contributed by atoms with Crippen LogP contribution in [0.5, 0.6) is 0 Å². The average Bonchev–Trinajstić information content (AvgIpc) is 2.94. The molecule has 0 aliphatic heterocycles. The monoisotopic (exact) mass is 308 g/mol. The lowest BCUT2D eigenvalue weighted by atomic mass is 9.91. The first-order chi connectivity index (χ1) is 9.40. The summed E-state index contributed by atoms with van der Waals surface area (Å²) in [6, 6.07) is 9.00. The lowest BCUT2D eigenvalue weighted by molar-refractivity contribution is 0.0946. The molecule has 3 N–H and O–H groups in total. The van der Waals surface area contributed by atoms with Gasteiger partial charge in [-0.1, -0.05) is 31.5 Å². The molecule has 106 valence electrons. The number of amides is 1. The molecular weight excluding hydrogens is 292 g/mol. The van der Waals surface area contributed by atoms with E-state index in [2.05, 4.69) is 25.2 Å². The molecule has 0 saturated heterocycles. The number of anilines is 1. The average molecular weight is 309 g/mol. The number of nitrogens with one attached hydrogen (secondary N) is 1. The van der Waals surface area contributed by atoms with E-state index in [0.29, 0.717) is 22.8 Å². The third-order valence-electron chi connectivity index (χ3n) is 3.14. The molecule has 2 aromatic rings. The number of benzene rings is 1. The van der Waals surface area contributed by atoms with Crippen LogP contribution < -0.4 is 11.1 Å². The van der Waals surface area contributed by atoms with Crippen LogP contribution in [-0.4, -0.2) is 12.5 Å².